The molecule has 3 atom stereocenters. The minimum Gasteiger partial charge on any atom is -0.494 e. The summed E-state index contributed by atoms with van der Waals surface area (Å²) in [5.41, 5.74) is 6.51. The third-order valence-corrected chi connectivity index (χ3v) is 8.45. The predicted molar refractivity (Wildman–Crippen MR) is 164 cm³/mol. The molecule has 0 radical (unpaired) electrons. The number of carbonyl (C=O) groups excluding carboxylic acids is 3. The van der Waals surface area contributed by atoms with Crippen molar-refractivity contribution in [1.29, 1.82) is 0 Å². The number of hydrogen-bond acceptors (Lipinski definition) is 7. The van der Waals surface area contributed by atoms with Crippen LogP contribution in [0.5, 0.6) is 5.75 Å². The molecule has 1 saturated heterocycles. The van der Waals surface area contributed by atoms with Gasteiger partial charge in [0.15, 0.2) is 6.10 Å². The average Bonchev–Trinajstić information content (AvgIpc) is 3.22. The number of aliphatic hydroxyl groups is 1. The smallest absolute Gasteiger partial charge is 0.254 e. The Labute approximate surface area is 251 Å². The summed E-state index contributed by atoms with van der Waals surface area (Å²) in [6, 6.07) is 10.1. The van der Waals surface area contributed by atoms with Crippen molar-refractivity contribution in [2.45, 2.75) is 82.9 Å². The summed E-state index contributed by atoms with van der Waals surface area (Å²) in [7, 11) is 0. The van der Waals surface area contributed by atoms with E-state index in [1.807, 2.05) is 53.7 Å². The van der Waals surface area contributed by atoms with Crippen LogP contribution in [0.15, 0.2) is 42.5 Å². The Morgan fingerprint density at radius 1 is 1.20 bits per heavy atom. The zero-order chi connectivity index (χ0) is 30.5. The van der Waals surface area contributed by atoms with E-state index in [-0.39, 0.29) is 34.5 Å². The van der Waals surface area contributed by atoms with E-state index in [0.717, 1.165) is 12.0 Å². The summed E-state index contributed by atoms with van der Waals surface area (Å²) in [6.07, 6.45) is -0.637. The van der Waals surface area contributed by atoms with E-state index in [1.165, 1.54) is 22.7 Å². The minimum atomic E-state index is -1.64. The summed E-state index contributed by atoms with van der Waals surface area (Å²) in [4.78, 5) is 41.8. The summed E-state index contributed by atoms with van der Waals surface area (Å²) >= 11 is 7.74. The van der Waals surface area contributed by atoms with Gasteiger partial charge >= 0.3 is 0 Å². The van der Waals surface area contributed by atoms with Crippen molar-refractivity contribution in [3.05, 3.63) is 58.6 Å². The minimum absolute atomic E-state index is 0.0820. The number of nitrogens with two attached hydrogens (primary N) is 1. The maximum atomic E-state index is 13.8. The summed E-state index contributed by atoms with van der Waals surface area (Å²) in [5, 5.41) is 17.3. The maximum Gasteiger partial charge on any atom is 0.254 e. The molecule has 2 aromatic carbocycles. The Kier molecular flexibility index (Phi) is 10.6. The first-order valence-electron chi connectivity index (χ1n) is 13.7. The first-order chi connectivity index (χ1) is 19.1. The molecule has 1 fully saturated rings. The van der Waals surface area contributed by atoms with Gasteiger partial charge in [0.05, 0.1) is 34.8 Å². The van der Waals surface area contributed by atoms with E-state index in [0.29, 0.717) is 12.4 Å². The molecule has 0 spiro atoms. The molecule has 0 aromatic heterocycles. The lowest BCUT2D eigenvalue weighted by molar-refractivity contribution is -0.147. The number of carbonyl (C=O) groups is 3. The van der Waals surface area contributed by atoms with Gasteiger partial charge in [-0.25, -0.2) is 0 Å². The van der Waals surface area contributed by atoms with Crippen molar-refractivity contribution in [2.75, 3.05) is 18.2 Å². The third kappa shape index (κ3) is 8.30. The molecule has 0 aliphatic carbocycles. The molecule has 0 saturated carbocycles. The van der Waals surface area contributed by atoms with Gasteiger partial charge in [-0.15, -0.1) is 11.8 Å². The van der Waals surface area contributed by atoms with Gasteiger partial charge in [0, 0.05) is 10.3 Å². The van der Waals surface area contributed by atoms with Crippen molar-refractivity contribution in [3.63, 3.8) is 0 Å². The van der Waals surface area contributed by atoms with E-state index in [9.17, 15) is 19.5 Å². The number of anilines is 1. The number of hydrogen-bond donors (Lipinski definition) is 4. The molecule has 0 bridgehead atoms. The van der Waals surface area contributed by atoms with Crippen molar-refractivity contribution < 1.29 is 24.2 Å². The largest absolute Gasteiger partial charge is 0.494 e. The molecule has 3 rings (SSSR count). The van der Waals surface area contributed by atoms with Crippen LogP contribution in [0.2, 0.25) is 5.02 Å². The highest BCUT2D eigenvalue weighted by Crippen LogP contribution is 2.40. The van der Waals surface area contributed by atoms with Crippen LogP contribution in [0, 0.1) is 0 Å². The molecule has 9 nitrogen and oxygen atoms in total. The second-order valence-electron chi connectivity index (χ2n) is 11.8. The highest BCUT2D eigenvalue weighted by atomic mass is 35.5. The normalized spacial score (nSPS) is 18.0. The average molecular weight is 605 g/mol. The van der Waals surface area contributed by atoms with Crippen molar-refractivity contribution in [3.8, 4) is 5.75 Å². The Morgan fingerprint density at radius 3 is 2.46 bits per heavy atom. The molecule has 3 amide bonds. The quantitative estimate of drug-likeness (QED) is 0.301. The van der Waals surface area contributed by atoms with Crippen molar-refractivity contribution >= 4 is 46.8 Å². The summed E-state index contributed by atoms with van der Waals surface area (Å²) in [5.74, 6) is -0.619. The number of benzene rings is 2. The summed E-state index contributed by atoms with van der Waals surface area (Å²) in [6.45, 7) is 12.0. The van der Waals surface area contributed by atoms with Crippen molar-refractivity contribution in [1.82, 2.24) is 15.5 Å². The second kappa shape index (κ2) is 13.4. The highest BCUT2D eigenvalue weighted by Gasteiger charge is 2.50. The first kappa shape index (κ1) is 32.6. The van der Waals surface area contributed by atoms with E-state index in [4.69, 9.17) is 22.1 Å². The lowest BCUT2D eigenvalue weighted by atomic mass is 9.96. The molecule has 11 heteroatoms. The number of amides is 3. The van der Waals surface area contributed by atoms with Gasteiger partial charge in [-0.2, -0.15) is 0 Å². The maximum absolute atomic E-state index is 13.8. The van der Waals surface area contributed by atoms with E-state index >= 15 is 0 Å². The fourth-order valence-corrected chi connectivity index (χ4v) is 5.95. The number of thioether (sulfide) groups is 1. The van der Waals surface area contributed by atoms with Crippen LogP contribution in [0.3, 0.4) is 0 Å². The van der Waals surface area contributed by atoms with Gasteiger partial charge < -0.3 is 31.1 Å². The Balaban J connectivity index is 1.90. The fraction of sp³-hybridized carbons (Fsp3) is 0.500. The van der Waals surface area contributed by atoms with Gasteiger partial charge in [0.1, 0.15) is 11.8 Å². The van der Waals surface area contributed by atoms with Gasteiger partial charge in [-0.05, 0) is 77.3 Å². The second-order valence-corrected chi connectivity index (χ2v) is 13.7. The van der Waals surface area contributed by atoms with Crippen LogP contribution in [-0.2, 0) is 16.0 Å². The predicted octanol–water partition coefficient (Wildman–Crippen LogP) is 4.01. The molecule has 1 unspecified atom stereocenters. The van der Waals surface area contributed by atoms with Crippen LogP contribution in [0.4, 0.5) is 5.69 Å². The van der Waals surface area contributed by atoms with E-state index in [2.05, 4.69) is 10.6 Å². The molecule has 5 N–H and O–H groups in total. The number of nitrogens with zero attached hydrogens (tertiary/aromatic N) is 1. The molecular formula is C30H41ClN4O5S. The molecule has 224 valence electrons. The molecule has 41 heavy (non-hydrogen) atoms. The number of nitrogens with one attached hydrogen (secondary N) is 2. The monoisotopic (exact) mass is 604 g/mol. The fourth-order valence-electron chi connectivity index (χ4n) is 4.60. The number of nitrogen functional groups attached to an aromatic ring is 1. The summed E-state index contributed by atoms with van der Waals surface area (Å²) < 4.78 is 5.07. The van der Waals surface area contributed by atoms with Crippen LogP contribution in [-0.4, -0.2) is 68.7 Å². The van der Waals surface area contributed by atoms with Gasteiger partial charge in [0.2, 0.25) is 5.91 Å². The van der Waals surface area contributed by atoms with Gasteiger partial charge in [-0.3, -0.25) is 14.4 Å². The zero-order valence-electron chi connectivity index (χ0n) is 24.5. The lowest BCUT2D eigenvalue weighted by Crippen LogP contribution is -2.60. The SMILES string of the molecule is CCCOc1ccc(C[C@H](NC(=O)c2cccc(N)c2Cl)[C@H](O)C(=O)N2CSC(C)(C)C2C(=O)NC(C)(C)C)cc1. The van der Waals surface area contributed by atoms with Crippen LogP contribution in [0.25, 0.3) is 0 Å². The van der Waals surface area contributed by atoms with E-state index in [1.54, 1.807) is 24.3 Å². The van der Waals surface area contributed by atoms with Crippen molar-refractivity contribution in [2.24, 2.45) is 0 Å². The van der Waals surface area contributed by atoms with Crippen LogP contribution >= 0.6 is 23.4 Å². The molecule has 1 heterocycles. The first-order valence-corrected chi connectivity index (χ1v) is 15.0. The number of halogens is 1. The molecular weight excluding hydrogens is 564 g/mol. The van der Waals surface area contributed by atoms with Crippen LogP contribution < -0.4 is 21.1 Å². The zero-order valence-corrected chi connectivity index (χ0v) is 26.1. The Bertz CT molecular complexity index is 1250. The standard InChI is InChI=1S/C30H41ClN4O5S/c1-7-15-40-19-13-11-18(12-14-19)16-22(33-26(37)20-9-8-10-21(32)23(20)31)24(36)28(39)35-17-41-30(5,6)25(35)27(38)34-29(2,3)4/h8-14,22,24-25,36H,7,15-17,32H2,1-6H3,(H,33,37)(H,34,38)/t22-,24-,25?/m0/s1. The number of rotatable bonds is 10. The number of aliphatic hydroxyl groups excluding tert-OH is 1. The molecule has 1 aliphatic heterocycles. The Morgan fingerprint density at radius 2 is 1.85 bits per heavy atom. The highest BCUT2D eigenvalue weighted by molar-refractivity contribution is 8.00. The van der Waals surface area contributed by atoms with Gasteiger partial charge in [0.25, 0.3) is 11.8 Å². The third-order valence-electron chi connectivity index (χ3n) is 6.65. The van der Waals surface area contributed by atoms with E-state index < -0.39 is 40.3 Å². The van der Waals surface area contributed by atoms with Gasteiger partial charge in [-0.1, -0.05) is 36.7 Å². The molecule has 2 aromatic rings. The van der Waals surface area contributed by atoms with Crippen LogP contribution in [0.1, 0.15) is 63.9 Å². The lowest BCUT2D eigenvalue weighted by Gasteiger charge is -2.35. The number of ether oxygens (including phenoxy) is 1. The Hall–Kier alpha value is -2.95. The molecule has 1 aliphatic rings. The topological polar surface area (TPSA) is 134 Å².